The van der Waals surface area contributed by atoms with Gasteiger partial charge in [-0.3, -0.25) is 14.6 Å². The Labute approximate surface area is 124 Å². The van der Waals surface area contributed by atoms with Gasteiger partial charge in [0.2, 0.25) is 0 Å². The fourth-order valence-corrected chi connectivity index (χ4v) is 5.15. The molecule has 1 heterocycles. The van der Waals surface area contributed by atoms with Crippen LogP contribution in [0.1, 0.15) is 27.1 Å². The van der Waals surface area contributed by atoms with Crippen molar-refractivity contribution in [3.8, 4) is 6.07 Å². The van der Waals surface area contributed by atoms with Gasteiger partial charge in [-0.05, 0) is 0 Å². The Morgan fingerprint density at radius 1 is 1.10 bits per heavy atom. The molecule has 1 aliphatic heterocycles. The first-order chi connectivity index (χ1) is 9.72. The fraction of sp³-hybridized carbons (Fsp3) is 0.286. The lowest BCUT2D eigenvalue weighted by Crippen LogP contribution is -2.38. The topological polar surface area (TPSA) is 70.3 Å². The summed E-state index contributed by atoms with van der Waals surface area (Å²) in [7, 11) is 0. The molecule has 0 amide bonds. The largest absolute Gasteiger partial charge is 0.293 e. The lowest BCUT2D eigenvalue weighted by molar-refractivity contribution is 0.0905. The number of hydrogen-bond acceptors (Lipinski definition) is 6. The summed E-state index contributed by atoms with van der Waals surface area (Å²) in [6.07, 6.45) is 0.349. The van der Waals surface area contributed by atoms with Crippen LogP contribution in [0.3, 0.4) is 0 Å². The van der Waals surface area contributed by atoms with Gasteiger partial charge in [-0.2, -0.15) is 5.26 Å². The van der Waals surface area contributed by atoms with Crippen LogP contribution in [-0.4, -0.2) is 33.0 Å². The number of benzene rings is 1. The van der Waals surface area contributed by atoms with E-state index in [1.54, 1.807) is 24.3 Å². The summed E-state index contributed by atoms with van der Waals surface area (Å²) >= 11 is 2.71. The Morgan fingerprint density at radius 2 is 1.65 bits per heavy atom. The Kier molecular flexibility index (Phi) is 3.64. The standard InChI is InChI=1S/C14H10N2O2S2/c15-6-3-7-16-14-19-12-10(17)8-4-1-2-5-9(8)11(18)13(12)20-14/h1-2,4-5,12-13H,3,7H2/t12-,13+. The Bertz CT molecular complexity index is 618. The van der Waals surface area contributed by atoms with Crippen molar-refractivity contribution >= 4 is 39.5 Å². The van der Waals surface area contributed by atoms with Crippen LogP contribution in [0.15, 0.2) is 29.3 Å². The van der Waals surface area contributed by atoms with Crippen LogP contribution in [0, 0.1) is 11.3 Å². The molecule has 4 nitrogen and oxygen atoms in total. The molecule has 0 unspecified atom stereocenters. The number of carbonyl (C=O) groups excluding carboxylic acids is 2. The summed E-state index contributed by atoms with van der Waals surface area (Å²) in [4.78, 5) is 29.1. The lowest BCUT2D eigenvalue weighted by Gasteiger charge is -2.22. The van der Waals surface area contributed by atoms with Gasteiger partial charge < -0.3 is 0 Å². The van der Waals surface area contributed by atoms with Crippen LogP contribution in [-0.2, 0) is 0 Å². The lowest BCUT2D eigenvalue weighted by atomic mass is 9.89. The average Bonchev–Trinajstić information content (AvgIpc) is 2.90. The minimum absolute atomic E-state index is 0.00758. The number of thioether (sulfide) groups is 2. The zero-order valence-corrected chi connectivity index (χ0v) is 12.0. The number of nitriles is 1. The minimum atomic E-state index is -0.372. The number of hydrogen-bond donors (Lipinski definition) is 0. The van der Waals surface area contributed by atoms with E-state index in [1.807, 2.05) is 6.07 Å². The molecule has 1 aromatic rings. The molecule has 0 N–H and O–H groups in total. The predicted molar refractivity (Wildman–Crippen MR) is 80.4 cm³/mol. The first kappa shape index (κ1) is 13.4. The van der Waals surface area contributed by atoms with Gasteiger partial charge in [0.05, 0.1) is 29.5 Å². The number of ketones is 2. The van der Waals surface area contributed by atoms with Gasteiger partial charge in [0.15, 0.2) is 11.6 Å². The van der Waals surface area contributed by atoms with Crippen molar-refractivity contribution in [3.05, 3.63) is 35.4 Å². The quantitative estimate of drug-likeness (QED) is 0.785. The molecule has 0 bridgehead atoms. The molecule has 1 fully saturated rings. The van der Waals surface area contributed by atoms with E-state index in [9.17, 15) is 9.59 Å². The number of carbonyl (C=O) groups is 2. The third kappa shape index (κ3) is 2.17. The second-order valence-electron chi connectivity index (χ2n) is 4.41. The molecule has 3 rings (SSSR count). The molecule has 0 saturated carbocycles. The number of nitrogens with zero attached hydrogens (tertiary/aromatic N) is 2. The van der Waals surface area contributed by atoms with Gasteiger partial charge in [0.1, 0.15) is 4.38 Å². The summed E-state index contributed by atoms with van der Waals surface area (Å²) in [6.45, 7) is 0.417. The minimum Gasteiger partial charge on any atom is -0.293 e. The van der Waals surface area contributed by atoms with Crippen LogP contribution in [0.5, 0.6) is 0 Å². The van der Waals surface area contributed by atoms with Crippen LogP contribution in [0.25, 0.3) is 0 Å². The fourth-order valence-electron chi connectivity index (χ4n) is 2.24. The summed E-state index contributed by atoms with van der Waals surface area (Å²) in [5.74, 6) is 0.0152. The summed E-state index contributed by atoms with van der Waals surface area (Å²) in [5, 5.41) is 7.76. The van der Waals surface area contributed by atoms with Gasteiger partial charge in [0.25, 0.3) is 0 Å². The second kappa shape index (κ2) is 5.43. The molecule has 1 aliphatic carbocycles. The van der Waals surface area contributed by atoms with E-state index in [4.69, 9.17) is 5.26 Å². The van der Waals surface area contributed by atoms with Crippen molar-refractivity contribution in [2.24, 2.45) is 4.99 Å². The normalized spacial score (nSPS) is 26.2. The van der Waals surface area contributed by atoms with Crippen molar-refractivity contribution in [1.82, 2.24) is 0 Å². The average molecular weight is 302 g/mol. The SMILES string of the molecule is N#CCCN=C1S[C@@H]2C(=O)c3ccccc3C(=O)[C@@H]2S1. The number of Topliss-reactive ketones (excluding diaryl/α,β-unsaturated/α-hetero) is 2. The molecule has 1 aromatic carbocycles. The highest BCUT2D eigenvalue weighted by atomic mass is 32.2. The van der Waals surface area contributed by atoms with Crippen molar-refractivity contribution in [2.45, 2.75) is 16.9 Å². The smallest absolute Gasteiger partial charge is 0.178 e. The van der Waals surface area contributed by atoms with Gasteiger partial charge in [-0.25, -0.2) is 0 Å². The molecule has 2 atom stereocenters. The Hall–Kier alpha value is -1.58. The number of rotatable bonds is 2. The highest BCUT2D eigenvalue weighted by Gasteiger charge is 2.47. The van der Waals surface area contributed by atoms with Crippen molar-refractivity contribution in [3.63, 3.8) is 0 Å². The third-order valence-electron chi connectivity index (χ3n) is 3.17. The molecule has 100 valence electrons. The van der Waals surface area contributed by atoms with E-state index >= 15 is 0 Å². The van der Waals surface area contributed by atoms with Gasteiger partial charge in [-0.1, -0.05) is 47.8 Å². The van der Waals surface area contributed by atoms with Gasteiger partial charge >= 0.3 is 0 Å². The predicted octanol–water partition coefficient (Wildman–Crippen LogP) is 2.55. The van der Waals surface area contributed by atoms with Gasteiger partial charge in [-0.15, -0.1) is 0 Å². The van der Waals surface area contributed by atoms with E-state index in [0.29, 0.717) is 24.1 Å². The van der Waals surface area contributed by atoms with E-state index in [1.165, 1.54) is 23.5 Å². The zero-order chi connectivity index (χ0) is 14.1. The highest BCUT2D eigenvalue weighted by molar-refractivity contribution is 8.42. The summed E-state index contributed by atoms with van der Waals surface area (Å²) < 4.78 is 0.741. The summed E-state index contributed by atoms with van der Waals surface area (Å²) in [5.41, 5.74) is 1.04. The maximum atomic E-state index is 12.4. The first-order valence-electron chi connectivity index (χ1n) is 6.14. The van der Waals surface area contributed by atoms with Crippen molar-refractivity contribution < 1.29 is 9.59 Å². The van der Waals surface area contributed by atoms with E-state index in [2.05, 4.69) is 4.99 Å². The monoisotopic (exact) mass is 302 g/mol. The molecule has 2 aliphatic rings. The molecule has 0 aromatic heterocycles. The maximum absolute atomic E-state index is 12.4. The zero-order valence-electron chi connectivity index (χ0n) is 10.4. The third-order valence-corrected chi connectivity index (χ3v) is 6.06. The van der Waals surface area contributed by atoms with E-state index < -0.39 is 0 Å². The van der Waals surface area contributed by atoms with Crippen molar-refractivity contribution in [1.29, 1.82) is 5.26 Å². The number of fused-ring (bicyclic) bond motifs is 2. The first-order valence-corrected chi connectivity index (χ1v) is 7.90. The maximum Gasteiger partial charge on any atom is 0.178 e. The van der Waals surface area contributed by atoms with E-state index in [-0.39, 0.29) is 22.1 Å². The van der Waals surface area contributed by atoms with Crippen LogP contribution in [0.4, 0.5) is 0 Å². The molecular weight excluding hydrogens is 292 g/mol. The summed E-state index contributed by atoms with van der Waals surface area (Å²) in [6, 6.07) is 9.00. The molecular formula is C14H10N2O2S2. The molecule has 20 heavy (non-hydrogen) atoms. The Balaban J connectivity index is 1.89. The number of aliphatic imine (C=N–C) groups is 1. The molecule has 1 saturated heterocycles. The van der Waals surface area contributed by atoms with Crippen LogP contribution < -0.4 is 0 Å². The molecule has 0 spiro atoms. The second-order valence-corrected chi connectivity index (χ2v) is 6.93. The van der Waals surface area contributed by atoms with Crippen molar-refractivity contribution in [2.75, 3.05) is 6.54 Å². The molecule has 6 heteroatoms. The Morgan fingerprint density at radius 3 is 2.15 bits per heavy atom. The van der Waals surface area contributed by atoms with Crippen LogP contribution >= 0.6 is 23.5 Å². The van der Waals surface area contributed by atoms with Gasteiger partial charge in [0, 0.05) is 11.1 Å². The molecule has 0 radical (unpaired) electrons. The van der Waals surface area contributed by atoms with Crippen LogP contribution in [0.2, 0.25) is 0 Å². The highest BCUT2D eigenvalue weighted by Crippen LogP contribution is 2.45. The van der Waals surface area contributed by atoms with E-state index in [0.717, 1.165) is 4.38 Å².